The fraction of sp³-hybridized carbons (Fsp3) is 0.139. The average Bonchev–Trinajstić information content (AvgIpc) is 3.22. The minimum absolute atomic E-state index is 0.00837. The second kappa shape index (κ2) is 18.0. The van der Waals surface area contributed by atoms with Crippen LogP contribution in [-0.4, -0.2) is 30.2 Å². The summed E-state index contributed by atoms with van der Waals surface area (Å²) in [6.07, 6.45) is -13.7. The molecule has 0 aliphatic rings. The number of carbonyl (C=O) groups excluding carboxylic acids is 1. The maximum atomic E-state index is 15.4. The molecular weight excluding hydrogens is 985 g/mol. The van der Waals surface area contributed by atoms with Gasteiger partial charge in [-0.2, -0.15) is 26.3 Å². The van der Waals surface area contributed by atoms with Gasteiger partial charge < -0.3 is 0 Å². The first-order valence-corrected chi connectivity index (χ1v) is 18.4. The van der Waals surface area contributed by atoms with Gasteiger partial charge in [-0.25, -0.2) is 87.8 Å². The predicted octanol–water partition coefficient (Wildman–Crippen LogP) is 9.63. The van der Waals surface area contributed by atoms with Crippen LogP contribution in [-0.2, 0) is 23.2 Å². The molecule has 352 valence electrons. The number of hydrogen-bond donors (Lipinski definition) is 0. The molecule has 5 aromatic rings. The van der Waals surface area contributed by atoms with Crippen LogP contribution in [0, 0.1) is 116 Å². The Balaban J connectivity index is 0.000000387. The van der Waals surface area contributed by atoms with Crippen molar-refractivity contribution in [2.24, 2.45) is 0 Å². The second-order valence-corrected chi connectivity index (χ2v) is 15.4. The number of ketones is 1. The molecule has 65 heavy (non-hydrogen) atoms. The topological polar surface area (TPSA) is 17.1 Å². The standard InChI is InChI=1S/C24BF20.C12H11F6OS/c26-5-1(6(27)14(35)21(42)13(5)34)25(2-7(28)15(36)22(43)16(37)8(2)29,3-9(30)17(38)23(44)18(39)10(3)31)4-11(32)19(40)24(45)20(41)12(4)33;1-20(2)6-10(19)7-3-8(11(13,14)15)5-9(4-7)12(16,17)18/h;3-5H,6H2,1-2H3/q-1;+1. The Morgan fingerprint density at radius 1 is 0.369 bits per heavy atom. The van der Waals surface area contributed by atoms with E-state index in [4.69, 9.17) is 0 Å². The van der Waals surface area contributed by atoms with Gasteiger partial charge in [-0.05, 0) is 29.1 Å². The summed E-state index contributed by atoms with van der Waals surface area (Å²) in [5.74, 6) is -72.2. The van der Waals surface area contributed by atoms with Crippen LogP contribution in [0.5, 0.6) is 0 Å². The van der Waals surface area contributed by atoms with E-state index in [1.807, 2.05) is 0 Å². The molecule has 0 aliphatic carbocycles. The normalized spacial score (nSPS) is 12.3. The van der Waals surface area contributed by atoms with E-state index in [1.165, 1.54) is 0 Å². The lowest BCUT2D eigenvalue weighted by atomic mass is 9.12. The highest BCUT2D eigenvalue weighted by atomic mass is 32.2. The van der Waals surface area contributed by atoms with Gasteiger partial charge in [-0.15, -0.1) is 21.9 Å². The third kappa shape index (κ3) is 8.66. The van der Waals surface area contributed by atoms with Crippen LogP contribution in [0.25, 0.3) is 0 Å². The quantitative estimate of drug-likeness (QED) is 0.0397. The fourth-order valence-electron chi connectivity index (χ4n) is 6.34. The monoisotopic (exact) mass is 996 g/mol. The van der Waals surface area contributed by atoms with Gasteiger partial charge in [0.15, 0.2) is 75.6 Å². The van der Waals surface area contributed by atoms with Crippen molar-refractivity contribution in [3.63, 3.8) is 0 Å². The molecule has 0 unspecified atom stereocenters. The maximum absolute atomic E-state index is 15.4. The zero-order chi connectivity index (χ0) is 50.1. The highest BCUT2D eigenvalue weighted by Gasteiger charge is 2.52. The van der Waals surface area contributed by atoms with Crippen LogP contribution >= 0.6 is 0 Å². The van der Waals surface area contributed by atoms with E-state index in [0.29, 0.717) is 12.1 Å². The van der Waals surface area contributed by atoms with Crippen LogP contribution < -0.4 is 21.9 Å². The largest absolute Gasteiger partial charge is 0.416 e. The summed E-state index contributed by atoms with van der Waals surface area (Å²) in [5, 5.41) is 0. The zero-order valence-corrected chi connectivity index (χ0v) is 31.5. The maximum Gasteiger partial charge on any atom is 0.416 e. The van der Waals surface area contributed by atoms with Gasteiger partial charge in [0.1, 0.15) is 52.7 Å². The van der Waals surface area contributed by atoms with Gasteiger partial charge in [0.2, 0.25) is 5.78 Å². The number of hydrogen-bond acceptors (Lipinski definition) is 1. The first kappa shape index (κ1) is 52.0. The lowest BCUT2D eigenvalue weighted by Crippen LogP contribution is -2.81. The first-order chi connectivity index (χ1) is 29.6. The van der Waals surface area contributed by atoms with E-state index in [1.54, 1.807) is 12.5 Å². The smallest absolute Gasteiger partial charge is 0.289 e. The average molecular weight is 996 g/mol. The lowest BCUT2D eigenvalue weighted by molar-refractivity contribution is -0.143. The van der Waals surface area contributed by atoms with E-state index < -0.39 is 190 Å². The van der Waals surface area contributed by atoms with Gasteiger partial charge in [-0.3, -0.25) is 4.79 Å². The Labute approximate surface area is 345 Å². The summed E-state index contributed by atoms with van der Waals surface area (Å²) in [7, 11) is -0.414. The summed E-state index contributed by atoms with van der Waals surface area (Å²) < 4.78 is 369. The van der Waals surface area contributed by atoms with Crippen LogP contribution in [0.1, 0.15) is 21.5 Å². The molecule has 0 amide bonds. The number of carbonyl (C=O) groups is 1. The third-order valence-corrected chi connectivity index (χ3v) is 9.88. The van der Waals surface area contributed by atoms with E-state index >= 15 is 35.1 Å². The van der Waals surface area contributed by atoms with E-state index in [0.717, 1.165) is 0 Å². The van der Waals surface area contributed by atoms with Crippen LogP contribution in [0.4, 0.5) is 114 Å². The molecule has 0 bridgehead atoms. The molecule has 29 heteroatoms. The summed E-state index contributed by atoms with van der Waals surface area (Å²) in [5.41, 5.74) is -17.8. The number of alkyl halides is 6. The molecule has 0 atom stereocenters. The lowest BCUT2D eigenvalue weighted by Gasteiger charge is -2.44. The second-order valence-electron chi connectivity index (χ2n) is 13.1. The van der Waals surface area contributed by atoms with Gasteiger partial charge in [-0.1, -0.05) is 0 Å². The number of Topliss-reactive ketones (excluding diaryl/α,β-unsaturated/α-hetero) is 1. The number of rotatable bonds is 7. The fourth-order valence-corrected chi connectivity index (χ4v) is 7.03. The number of halogens is 26. The minimum Gasteiger partial charge on any atom is -0.289 e. The Hall–Kier alpha value is -5.64. The molecule has 5 aromatic carbocycles. The molecule has 0 heterocycles. The molecule has 0 aliphatic heterocycles. The molecule has 1 nitrogen and oxygen atoms in total. The van der Waals surface area contributed by atoms with Crippen molar-refractivity contribution in [1.82, 2.24) is 0 Å². The van der Waals surface area contributed by atoms with Gasteiger partial charge in [0.25, 0.3) is 0 Å². The van der Waals surface area contributed by atoms with Gasteiger partial charge in [0, 0.05) is 5.56 Å². The Morgan fingerprint density at radius 3 is 0.723 bits per heavy atom. The Morgan fingerprint density at radius 2 is 0.554 bits per heavy atom. The van der Waals surface area contributed by atoms with E-state index in [9.17, 15) is 83.8 Å². The molecule has 5 rings (SSSR count). The van der Waals surface area contributed by atoms with Gasteiger partial charge >= 0.3 is 12.4 Å². The molecule has 0 aromatic heterocycles. The first-order valence-electron chi connectivity index (χ1n) is 16.2. The molecule has 0 N–H and O–H groups in total. The Bertz CT molecular complexity index is 2350. The third-order valence-electron chi connectivity index (χ3n) is 9.04. The van der Waals surface area contributed by atoms with Crippen molar-refractivity contribution in [3.05, 3.63) is 151 Å². The molecule has 0 fully saturated rings. The molecule has 0 saturated carbocycles. The van der Waals surface area contributed by atoms with E-state index in [2.05, 4.69) is 0 Å². The molecule has 0 radical (unpaired) electrons. The summed E-state index contributed by atoms with van der Waals surface area (Å²) in [6.45, 7) is 0. The van der Waals surface area contributed by atoms with Crippen LogP contribution in [0.2, 0.25) is 0 Å². The molecule has 0 saturated heterocycles. The minimum atomic E-state index is -7.22. The summed E-state index contributed by atoms with van der Waals surface area (Å²) in [4.78, 5) is 11.7. The molecular formula is C36H11BF26OS. The Kier molecular flexibility index (Phi) is 14.4. The van der Waals surface area contributed by atoms with Crippen molar-refractivity contribution in [2.45, 2.75) is 12.4 Å². The zero-order valence-electron chi connectivity index (χ0n) is 30.7. The van der Waals surface area contributed by atoms with Crippen LogP contribution in [0.15, 0.2) is 18.2 Å². The summed E-state index contributed by atoms with van der Waals surface area (Å²) >= 11 is 0. The van der Waals surface area contributed by atoms with Crippen molar-refractivity contribution in [1.29, 1.82) is 0 Å². The highest BCUT2D eigenvalue weighted by Crippen LogP contribution is 2.37. The number of benzene rings is 5. The SMILES string of the molecule is C[S+](C)CC(=O)c1cc(C(F)(F)F)cc(C(F)(F)F)c1.Fc1c(F)c(F)c([B-](c2c(F)c(F)c(F)c(F)c2F)(c2c(F)c(F)c(F)c(F)c2F)c2c(F)c(F)c(F)c(F)c2F)c(F)c1F. The highest BCUT2D eigenvalue weighted by molar-refractivity contribution is 7.96. The van der Waals surface area contributed by atoms with Crippen molar-refractivity contribution in [2.75, 3.05) is 18.3 Å². The summed E-state index contributed by atoms with van der Waals surface area (Å²) in [6, 6.07) is 0.934. The van der Waals surface area contributed by atoms with Gasteiger partial charge in [0.05, 0.1) is 23.6 Å². The van der Waals surface area contributed by atoms with Crippen molar-refractivity contribution in [3.8, 4) is 0 Å². The predicted molar refractivity (Wildman–Crippen MR) is 174 cm³/mol. The van der Waals surface area contributed by atoms with Crippen molar-refractivity contribution < 1.29 is 119 Å². The van der Waals surface area contributed by atoms with E-state index in [-0.39, 0.29) is 11.8 Å². The molecule has 0 spiro atoms. The van der Waals surface area contributed by atoms with Crippen molar-refractivity contribution >= 4 is 44.7 Å². The van der Waals surface area contributed by atoms with Crippen LogP contribution in [0.3, 0.4) is 0 Å².